The molecule has 2 heterocycles. The number of rotatable bonds is 2. The third-order valence-electron chi connectivity index (χ3n) is 3.20. The fourth-order valence-corrected chi connectivity index (χ4v) is 2.29. The minimum atomic E-state index is -0.468. The first kappa shape index (κ1) is 11.7. The fourth-order valence-electron chi connectivity index (χ4n) is 2.29. The molecule has 6 heteroatoms. The van der Waals surface area contributed by atoms with E-state index >= 15 is 0 Å². The highest BCUT2D eigenvalue weighted by Gasteiger charge is 2.18. The summed E-state index contributed by atoms with van der Waals surface area (Å²) in [5.74, 6) is 0.435. The molecular weight excluding hydrogens is 246 g/mol. The summed E-state index contributed by atoms with van der Waals surface area (Å²) in [6, 6.07) is 3.27. The highest BCUT2D eigenvalue weighted by atomic mass is 16.5. The van der Waals surface area contributed by atoms with Crippen LogP contribution in [0.1, 0.15) is 33.8 Å². The summed E-state index contributed by atoms with van der Waals surface area (Å²) in [4.78, 5) is 26.7. The quantitative estimate of drug-likeness (QED) is 0.853. The third-order valence-corrected chi connectivity index (χ3v) is 3.20. The van der Waals surface area contributed by atoms with Gasteiger partial charge in [0.1, 0.15) is 11.3 Å². The van der Waals surface area contributed by atoms with Gasteiger partial charge in [-0.15, -0.1) is 0 Å². The Hall–Kier alpha value is -2.37. The molecule has 1 aliphatic carbocycles. The topological polar surface area (TPSA) is 88.0 Å². The lowest BCUT2D eigenvalue weighted by Gasteiger charge is -2.03. The smallest absolute Gasteiger partial charge is 0.262 e. The Morgan fingerprint density at radius 2 is 2.26 bits per heavy atom. The van der Waals surface area contributed by atoms with Crippen LogP contribution >= 0.6 is 0 Å². The second-order valence-corrected chi connectivity index (χ2v) is 4.65. The van der Waals surface area contributed by atoms with Gasteiger partial charge >= 0.3 is 0 Å². The molecule has 2 aromatic heterocycles. The van der Waals surface area contributed by atoms with Gasteiger partial charge in [0.2, 0.25) is 0 Å². The van der Waals surface area contributed by atoms with Gasteiger partial charge in [-0.2, -0.15) is 0 Å². The number of pyridine rings is 1. The van der Waals surface area contributed by atoms with Crippen LogP contribution in [-0.4, -0.2) is 16.0 Å². The van der Waals surface area contributed by atoms with Crippen LogP contribution in [0.3, 0.4) is 0 Å². The van der Waals surface area contributed by atoms with Gasteiger partial charge in [0.15, 0.2) is 5.82 Å². The average molecular weight is 259 g/mol. The molecule has 2 aromatic rings. The Morgan fingerprint density at radius 1 is 1.42 bits per heavy atom. The van der Waals surface area contributed by atoms with Crippen molar-refractivity contribution in [1.29, 1.82) is 0 Å². The molecule has 0 spiro atoms. The molecule has 0 bridgehead atoms. The molecule has 1 aliphatic rings. The number of amides is 1. The Bertz CT molecular complexity index is 699. The molecule has 0 unspecified atom stereocenters. The largest absolute Gasteiger partial charge is 0.360 e. The molecule has 0 fully saturated rings. The first-order valence-electron chi connectivity index (χ1n) is 6.13. The second kappa shape index (κ2) is 4.38. The van der Waals surface area contributed by atoms with E-state index in [4.69, 9.17) is 4.52 Å². The fraction of sp³-hybridized carbons (Fsp3) is 0.308. The SMILES string of the molecule is Cc1cc(NC(=O)c2cc3c([nH]c2=O)CCC3)no1. The number of carbonyl (C=O) groups is 1. The Labute approximate surface area is 108 Å². The number of anilines is 1. The number of aromatic nitrogens is 2. The van der Waals surface area contributed by atoms with Crippen molar-refractivity contribution >= 4 is 11.7 Å². The lowest BCUT2D eigenvalue weighted by Crippen LogP contribution is -2.24. The summed E-state index contributed by atoms with van der Waals surface area (Å²) in [5.41, 5.74) is 1.74. The lowest BCUT2D eigenvalue weighted by atomic mass is 10.1. The van der Waals surface area contributed by atoms with E-state index in [0.29, 0.717) is 11.6 Å². The predicted molar refractivity (Wildman–Crippen MR) is 68.3 cm³/mol. The normalized spacial score (nSPS) is 13.3. The maximum atomic E-state index is 12.0. The van der Waals surface area contributed by atoms with E-state index < -0.39 is 5.91 Å². The molecule has 1 amide bonds. The lowest BCUT2D eigenvalue weighted by molar-refractivity contribution is 0.102. The number of fused-ring (bicyclic) bond motifs is 1. The number of H-pyrrole nitrogens is 1. The summed E-state index contributed by atoms with van der Waals surface area (Å²) in [6.07, 6.45) is 2.78. The number of aromatic amines is 1. The van der Waals surface area contributed by atoms with Gasteiger partial charge in [-0.3, -0.25) is 9.59 Å². The van der Waals surface area contributed by atoms with Gasteiger partial charge in [-0.1, -0.05) is 5.16 Å². The molecule has 0 saturated heterocycles. The van der Waals surface area contributed by atoms with Crippen LogP contribution in [0.2, 0.25) is 0 Å². The van der Waals surface area contributed by atoms with Crippen molar-refractivity contribution < 1.29 is 9.32 Å². The monoisotopic (exact) mass is 259 g/mol. The van der Waals surface area contributed by atoms with Gasteiger partial charge < -0.3 is 14.8 Å². The summed E-state index contributed by atoms with van der Waals surface area (Å²) < 4.78 is 4.85. The number of hydrogen-bond acceptors (Lipinski definition) is 4. The average Bonchev–Trinajstić information content (AvgIpc) is 2.96. The molecule has 19 heavy (non-hydrogen) atoms. The molecule has 0 atom stereocenters. The highest BCUT2D eigenvalue weighted by molar-refractivity contribution is 6.03. The maximum absolute atomic E-state index is 12.0. The summed E-state index contributed by atoms with van der Waals surface area (Å²) >= 11 is 0. The van der Waals surface area contributed by atoms with E-state index in [1.165, 1.54) is 0 Å². The van der Waals surface area contributed by atoms with Crippen LogP contribution in [0.5, 0.6) is 0 Å². The van der Waals surface area contributed by atoms with E-state index in [9.17, 15) is 9.59 Å². The van der Waals surface area contributed by atoms with Crippen LogP contribution < -0.4 is 10.9 Å². The Morgan fingerprint density at radius 3 is 3.00 bits per heavy atom. The zero-order valence-corrected chi connectivity index (χ0v) is 10.4. The summed E-state index contributed by atoms with van der Waals surface area (Å²) in [5, 5.41) is 6.21. The van der Waals surface area contributed by atoms with Crippen LogP contribution in [0.15, 0.2) is 21.5 Å². The minimum Gasteiger partial charge on any atom is -0.360 e. The molecule has 0 saturated carbocycles. The Balaban J connectivity index is 1.90. The molecule has 6 nitrogen and oxygen atoms in total. The van der Waals surface area contributed by atoms with Crippen molar-refractivity contribution in [3.05, 3.63) is 45.1 Å². The standard InChI is InChI=1S/C13H13N3O3/c1-7-5-11(16-19-7)15-13(18)9-6-8-3-2-4-10(8)14-12(9)17/h5-6H,2-4H2,1H3,(H,14,17)(H,15,16,18). The van der Waals surface area contributed by atoms with Crippen LogP contribution in [0, 0.1) is 6.92 Å². The maximum Gasteiger partial charge on any atom is 0.262 e. The first-order chi connectivity index (χ1) is 9.13. The Kier molecular flexibility index (Phi) is 2.70. The van der Waals surface area contributed by atoms with E-state index in [-0.39, 0.29) is 11.1 Å². The van der Waals surface area contributed by atoms with E-state index in [1.807, 2.05) is 0 Å². The third kappa shape index (κ3) is 2.16. The first-order valence-corrected chi connectivity index (χ1v) is 6.13. The molecule has 98 valence electrons. The highest BCUT2D eigenvalue weighted by Crippen LogP contribution is 2.19. The zero-order chi connectivity index (χ0) is 13.4. The molecule has 2 N–H and O–H groups in total. The van der Waals surface area contributed by atoms with Gasteiger partial charge in [-0.25, -0.2) is 0 Å². The molecule has 0 aromatic carbocycles. The van der Waals surface area contributed by atoms with Gasteiger partial charge in [0, 0.05) is 11.8 Å². The second-order valence-electron chi connectivity index (χ2n) is 4.65. The van der Waals surface area contributed by atoms with Crippen molar-refractivity contribution in [2.24, 2.45) is 0 Å². The van der Waals surface area contributed by atoms with Crippen molar-refractivity contribution in [2.45, 2.75) is 26.2 Å². The number of carbonyl (C=O) groups excluding carboxylic acids is 1. The van der Waals surface area contributed by atoms with Crippen LogP contribution in [0.25, 0.3) is 0 Å². The van der Waals surface area contributed by atoms with Gasteiger partial charge in [0.25, 0.3) is 11.5 Å². The minimum absolute atomic E-state index is 0.112. The van der Waals surface area contributed by atoms with Crippen LogP contribution in [0.4, 0.5) is 5.82 Å². The number of hydrogen-bond donors (Lipinski definition) is 2. The predicted octanol–water partition coefficient (Wildman–Crippen LogP) is 1.41. The van der Waals surface area contributed by atoms with Gasteiger partial charge in [0.05, 0.1) is 0 Å². The molecular formula is C13H13N3O3. The van der Waals surface area contributed by atoms with E-state index in [2.05, 4.69) is 15.5 Å². The van der Waals surface area contributed by atoms with E-state index in [0.717, 1.165) is 30.5 Å². The molecule has 3 rings (SSSR count). The van der Waals surface area contributed by atoms with Crippen molar-refractivity contribution in [3.8, 4) is 0 Å². The molecule has 0 radical (unpaired) electrons. The number of nitrogens with one attached hydrogen (secondary N) is 2. The van der Waals surface area contributed by atoms with Crippen molar-refractivity contribution in [2.75, 3.05) is 5.32 Å². The van der Waals surface area contributed by atoms with Crippen molar-refractivity contribution in [3.63, 3.8) is 0 Å². The van der Waals surface area contributed by atoms with E-state index in [1.54, 1.807) is 19.1 Å². The number of aryl methyl sites for hydroxylation is 3. The summed E-state index contributed by atoms with van der Waals surface area (Å²) in [7, 11) is 0. The number of nitrogens with zero attached hydrogens (tertiary/aromatic N) is 1. The zero-order valence-electron chi connectivity index (χ0n) is 10.4. The van der Waals surface area contributed by atoms with Crippen molar-refractivity contribution in [1.82, 2.24) is 10.1 Å². The van der Waals surface area contributed by atoms with Crippen LogP contribution in [-0.2, 0) is 12.8 Å². The van der Waals surface area contributed by atoms with Gasteiger partial charge in [-0.05, 0) is 37.8 Å². The molecule has 0 aliphatic heterocycles. The summed E-state index contributed by atoms with van der Waals surface area (Å²) in [6.45, 7) is 1.73.